The molecule has 92 valence electrons. The summed E-state index contributed by atoms with van der Waals surface area (Å²) in [5.74, 6) is 0. The highest BCUT2D eigenvalue weighted by Crippen LogP contribution is 2.23. The van der Waals surface area contributed by atoms with Gasteiger partial charge in [0, 0.05) is 25.7 Å². The molecule has 3 heterocycles. The van der Waals surface area contributed by atoms with Gasteiger partial charge in [-0.2, -0.15) is 0 Å². The van der Waals surface area contributed by atoms with Crippen LogP contribution in [0.3, 0.4) is 0 Å². The second kappa shape index (κ2) is 5.00. The highest BCUT2D eigenvalue weighted by molar-refractivity contribution is 5.41. The Hall–Kier alpha value is -1.16. The molecule has 1 aromatic heterocycles. The molecule has 0 aromatic carbocycles. The molecule has 0 saturated carbocycles. The largest absolute Gasteiger partial charge is 0.367 e. The van der Waals surface area contributed by atoms with Crippen molar-refractivity contribution in [2.45, 2.75) is 31.7 Å². The van der Waals surface area contributed by atoms with Crippen molar-refractivity contribution in [3.8, 4) is 0 Å². The van der Waals surface area contributed by atoms with Crippen LogP contribution in [0, 0.1) is 0 Å². The fraction of sp³-hybridized carbons (Fsp3) is 0.692. The zero-order valence-electron chi connectivity index (χ0n) is 10.3. The van der Waals surface area contributed by atoms with Crippen LogP contribution in [0.4, 0.5) is 5.69 Å². The van der Waals surface area contributed by atoms with Gasteiger partial charge in [0.15, 0.2) is 0 Å². The molecule has 2 aliphatic rings. The minimum Gasteiger partial charge on any atom is -0.367 e. The molecular weight excluding hydrogens is 212 g/mol. The lowest BCUT2D eigenvalue weighted by Crippen LogP contribution is -2.44. The van der Waals surface area contributed by atoms with Crippen molar-refractivity contribution in [3.63, 3.8) is 0 Å². The summed E-state index contributed by atoms with van der Waals surface area (Å²) in [6, 6.07) is 0.742. The zero-order valence-corrected chi connectivity index (χ0v) is 10.3. The van der Waals surface area contributed by atoms with Crippen molar-refractivity contribution in [1.29, 1.82) is 0 Å². The molecule has 1 unspecified atom stereocenters. The molecular formula is C13H20N4. The highest BCUT2D eigenvalue weighted by atomic mass is 15.3. The molecule has 0 amide bonds. The molecule has 0 N–H and O–H groups in total. The molecule has 2 aliphatic heterocycles. The molecule has 2 saturated heterocycles. The number of hydrogen-bond acceptors (Lipinski definition) is 4. The minimum absolute atomic E-state index is 0.742. The average Bonchev–Trinajstić information content (AvgIpc) is 2.62. The molecule has 4 heteroatoms. The van der Waals surface area contributed by atoms with Crippen molar-refractivity contribution >= 4 is 5.69 Å². The zero-order chi connectivity index (χ0) is 11.5. The van der Waals surface area contributed by atoms with Gasteiger partial charge < -0.3 is 4.90 Å². The van der Waals surface area contributed by atoms with Gasteiger partial charge in [0.25, 0.3) is 0 Å². The van der Waals surface area contributed by atoms with Crippen LogP contribution in [0.1, 0.15) is 25.7 Å². The molecule has 0 aliphatic carbocycles. The van der Waals surface area contributed by atoms with Crippen LogP contribution >= 0.6 is 0 Å². The van der Waals surface area contributed by atoms with Gasteiger partial charge >= 0.3 is 0 Å². The Morgan fingerprint density at radius 2 is 1.82 bits per heavy atom. The Kier molecular flexibility index (Phi) is 3.22. The molecule has 1 aromatic rings. The third kappa shape index (κ3) is 2.41. The maximum Gasteiger partial charge on any atom is 0.115 e. The standard InChI is InChI=1S/C13H20N4/c1-2-5-16-6-3-7-17(10-12(16)4-1)13-8-14-11-15-9-13/h8-9,11-12H,1-7,10H2. The SMILES string of the molecule is c1ncc(N2CCCN3CCCCC3C2)cn1. The minimum atomic E-state index is 0.742. The summed E-state index contributed by atoms with van der Waals surface area (Å²) in [6.07, 6.45) is 10.9. The third-order valence-corrected chi connectivity index (χ3v) is 3.97. The van der Waals surface area contributed by atoms with Crippen molar-refractivity contribution in [2.75, 3.05) is 31.1 Å². The number of anilines is 1. The van der Waals surface area contributed by atoms with Crippen molar-refractivity contribution in [1.82, 2.24) is 14.9 Å². The van der Waals surface area contributed by atoms with Crippen LogP contribution in [0.25, 0.3) is 0 Å². The third-order valence-electron chi connectivity index (χ3n) is 3.97. The molecule has 2 fully saturated rings. The van der Waals surface area contributed by atoms with E-state index in [-0.39, 0.29) is 0 Å². The van der Waals surface area contributed by atoms with Crippen LogP contribution in [-0.4, -0.2) is 47.1 Å². The Morgan fingerprint density at radius 1 is 1.00 bits per heavy atom. The Bertz CT molecular complexity index is 354. The van der Waals surface area contributed by atoms with Crippen LogP contribution < -0.4 is 4.90 Å². The normalized spacial score (nSPS) is 26.4. The van der Waals surface area contributed by atoms with E-state index < -0.39 is 0 Å². The smallest absolute Gasteiger partial charge is 0.115 e. The molecule has 3 rings (SSSR count). The van der Waals surface area contributed by atoms with Crippen molar-refractivity contribution in [3.05, 3.63) is 18.7 Å². The first-order chi connectivity index (χ1) is 8.43. The van der Waals surface area contributed by atoms with E-state index >= 15 is 0 Å². The molecule has 1 atom stereocenters. The lowest BCUT2D eigenvalue weighted by Gasteiger charge is -2.35. The monoisotopic (exact) mass is 232 g/mol. The summed E-state index contributed by atoms with van der Waals surface area (Å²) in [5.41, 5.74) is 1.18. The average molecular weight is 232 g/mol. The van der Waals surface area contributed by atoms with Gasteiger partial charge in [-0.1, -0.05) is 6.42 Å². The fourth-order valence-corrected chi connectivity index (χ4v) is 3.06. The van der Waals surface area contributed by atoms with Gasteiger partial charge in [-0.3, -0.25) is 4.90 Å². The summed E-state index contributed by atoms with van der Waals surface area (Å²) in [4.78, 5) is 13.4. The summed E-state index contributed by atoms with van der Waals surface area (Å²) in [7, 11) is 0. The van der Waals surface area contributed by atoms with E-state index in [0.29, 0.717) is 0 Å². The van der Waals surface area contributed by atoms with E-state index in [9.17, 15) is 0 Å². The summed E-state index contributed by atoms with van der Waals surface area (Å²) in [6.45, 7) is 4.84. The second-order valence-electron chi connectivity index (χ2n) is 5.08. The number of hydrogen-bond donors (Lipinski definition) is 0. The first-order valence-electron chi connectivity index (χ1n) is 6.67. The first kappa shape index (κ1) is 11.0. The van der Waals surface area contributed by atoms with Gasteiger partial charge in [0.1, 0.15) is 6.33 Å². The number of aromatic nitrogens is 2. The van der Waals surface area contributed by atoms with Gasteiger partial charge in [-0.25, -0.2) is 9.97 Å². The quantitative estimate of drug-likeness (QED) is 0.735. The summed E-state index contributed by atoms with van der Waals surface area (Å²) < 4.78 is 0. The van der Waals surface area contributed by atoms with E-state index in [0.717, 1.165) is 19.1 Å². The van der Waals surface area contributed by atoms with Crippen LogP contribution in [0.15, 0.2) is 18.7 Å². The van der Waals surface area contributed by atoms with E-state index in [1.165, 1.54) is 44.5 Å². The number of piperidine rings is 1. The second-order valence-corrected chi connectivity index (χ2v) is 5.08. The maximum absolute atomic E-state index is 4.13. The molecule has 0 spiro atoms. The topological polar surface area (TPSA) is 32.3 Å². The van der Waals surface area contributed by atoms with E-state index in [2.05, 4.69) is 19.8 Å². The molecule has 0 radical (unpaired) electrons. The van der Waals surface area contributed by atoms with Crippen molar-refractivity contribution < 1.29 is 0 Å². The summed E-state index contributed by atoms with van der Waals surface area (Å²) >= 11 is 0. The molecule has 17 heavy (non-hydrogen) atoms. The summed E-state index contributed by atoms with van der Waals surface area (Å²) in [5, 5.41) is 0. The lowest BCUT2D eigenvalue weighted by molar-refractivity contribution is 0.162. The highest BCUT2D eigenvalue weighted by Gasteiger charge is 2.27. The van der Waals surface area contributed by atoms with Crippen LogP contribution in [-0.2, 0) is 0 Å². The maximum atomic E-state index is 4.13. The van der Waals surface area contributed by atoms with Crippen LogP contribution in [0.2, 0.25) is 0 Å². The Morgan fingerprint density at radius 3 is 2.71 bits per heavy atom. The Balaban J connectivity index is 1.74. The van der Waals surface area contributed by atoms with Gasteiger partial charge in [-0.05, 0) is 25.8 Å². The van der Waals surface area contributed by atoms with E-state index in [1.54, 1.807) is 6.33 Å². The number of fused-ring (bicyclic) bond motifs is 1. The fourth-order valence-electron chi connectivity index (χ4n) is 3.06. The number of rotatable bonds is 1. The Labute approximate surface area is 103 Å². The van der Waals surface area contributed by atoms with Crippen LogP contribution in [0.5, 0.6) is 0 Å². The van der Waals surface area contributed by atoms with Gasteiger partial charge in [0.05, 0.1) is 18.1 Å². The first-order valence-corrected chi connectivity index (χ1v) is 6.67. The van der Waals surface area contributed by atoms with Crippen molar-refractivity contribution in [2.24, 2.45) is 0 Å². The van der Waals surface area contributed by atoms with Gasteiger partial charge in [0.2, 0.25) is 0 Å². The molecule has 0 bridgehead atoms. The van der Waals surface area contributed by atoms with E-state index in [1.807, 2.05) is 12.4 Å². The molecule has 4 nitrogen and oxygen atoms in total. The predicted molar refractivity (Wildman–Crippen MR) is 68.1 cm³/mol. The lowest BCUT2D eigenvalue weighted by atomic mass is 10.0. The predicted octanol–water partition coefficient (Wildman–Crippen LogP) is 1.54. The van der Waals surface area contributed by atoms with E-state index in [4.69, 9.17) is 0 Å². The van der Waals surface area contributed by atoms with Gasteiger partial charge in [-0.15, -0.1) is 0 Å². The number of nitrogens with zero attached hydrogens (tertiary/aromatic N) is 4.